The molecule has 0 bridgehead atoms. The van der Waals surface area contributed by atoms with Gasteiger partial charge in [0.05, 0.1) is 6.08 Å². The molecule has 0 amide bonds. The van der Waals surface area contributed by atoms with Crippen molar-refractivity contribution in [3.63, 3.8) is 0 Å². The standard InChI is InChI=1S/C16H13O2/c1-2-15(17)18-16(13-9-5-3-6-10-13)14-11-7-4-8-12-14/h3-12,16H,1H2. The van der Waals surface area contributed by atoms with Gasteiger partial charge in [0.25, 0.3) is 0 Å². The largest absolute Gasteiger partial charge is 0.449 e. The molecular formula is C16H13O2. The topological polar surface area (TPSA) is 26.3 Å². The first-order valence-electron chi connectivity index (χ1n) is 5.65. The van der Waals surface area contributed by atoms with Gasteiger partial charge in [0.15, 0.2) is 6.10 Å². The summed E-state index contributed by atoms with van der Waals surface area (Å²) in [5, 5.41) is 0. The summed E-state index contributed by atoms with van der Waals surface area (Å²) in [5.41, 5.74) is 1.85. The maximum Gasteiger partial charge on any atom is 0.339 e. The van der Waals surface area contributed by atoms with Gasteiger partial charge in [-0.15, -0.1) is 0 Å². The summed E-state index contributed by atoms with van der Waals surface area (Å²) in [4.78, 5) is 11.4. The van der Waals surface area contributed by atoms with Crippen molar-refractivity contribution in [2.45, 2.75) is 6.10 Å². The lowest BCUT2D eigenvalue weighted by Gasteiger charge is -2.17. The zero-order chi connectivity index (χ0) is 12.8. The summed E-state index contributed by atoms with van der Waals surface area (Å²) < 4.78 is 5.36. The molecule has 18 heavy (non-hydrogen) atoms. The molecule has 0 spiro atoms. The SMILES string of the molecule is C=[C]C(=O)OC(c1ccccc1)c1ccccc1. The quantitative estimate of drug-likeness (QED) is 0.602. The molecule has 2 aromatic rings. The van der Waals surface area contributed by atoms with E-state index in [1.165, 1.54) is 0 Å². The van der Waals surface area contributed by atoms with Crippen LogP contribution < -0.4 is 0 Å². The number of ether oxygens (including phenoxy) is 1. The van der Waals surface area contributed by atoms with Gasteiger partial charge in [0, 0.05) is 0 Å². The van der Waals surface area contributed by atoms with Crippen molar-refractivity contribution in [1.29, 1.82) is 0 Å². The average Bonchev–Trinajstić information content (AvgIpc) is 2.46. The number of benzene rings is 2. The van der Waals surface area contributed by atoms with Crippen LogP contribution in [0.25, 0.3) is 0 Å². The molecule has 0 aromatic heterocycles. The first-order chi connectivity index (χ1) is 8.81. The minimum absolute atomic E-state index is 0.422. The van der Waals surface area contributed by atoms with E-state index < -0.39 is 12.1 Å². The third kappa shape index (κ3) is 2.86. The molecule has 89 valence electrons. The van der Waals surface area contributed by atoms with Crippen LogP contribution in [0.1, 0.15) is 17.2 Å². The summed E-state index contributed by atoms with van der Waals surface area (Å²) in [5.74, 6) is -0.548. The molecule has 0 aliphatic rings. The lowest BCUT2D eigenvalue weighted by molar-refractivity contribution is -0.142. The molecule has 0 heterocycles. The van der Waals surface area contributed by atoms with Gasteiger partial charge in [-0.2, -0.15) is 0 Å². The Kier molecular flexibility index (Phi) is 3.92. The van der Waals surface area contributed by atoms with E-state index in [0.29, 0.717) is 0 Å². The molecule has 0 fully saturated rings. The van der Waals surface area contributed by atoms with Crippen LogP contribution in [-0.4, -0.2) is 5.97 Å². The van der Waals surface area contributed by atoms with Crippen molar-refractivity contribution in [1.82, 2.24) is 0 Å². The Bertz CT molecular complexity index is 478. The Morgan fingerprint density at radius 3 is 1.78 bits per heavy atom. The van der Waals surface area contributed by atoms with E-state index in [0.717, 1.165) is 11.1 Å². The third-order valence-electron chi connectivity index (χ3n) is 2.57. The fourth-order valence-corrected chi connectivity index (χ4v) is 1.73. The highest BCUT2D eigenvalue weighted by Crippen LogP contribution is 2.25. The molecule has 2 aromatic carbocycles. The Morgan fingerprint density at radius 1 is 0.944 bits per heavy atom. The summed E-state index contributed by atoms with van der Waals surface area (Å²) in [6, 6.07) is 19.2. The molecule has 0 aliphatic heterocycles. The summed E-state index contributed by atoms with van der Waals surface area (Å²) in [7, 11) is 0. The minimum atomic E-state index is -0.548. The maximum absolute atomic E-state index is 11.4. The van der Waals surface area contributed by atoms with E-state index in [2.05, 4.69) is 12.7 Å². The molecule has 0 atom stereocenters. The van der Waals surface area contributed by atoms with E-state index >= 15 is 0 Å². The number of carbonyl (C=O) groups excluding carboxylic acids is 1. The minimum Gasteiger partial charge on any atom is -0.449 e. The van der Waals surface area contributed by atoms with Crippen molar-refractivity contribution in [2.75, 3.05) is 0 Å². The van der Waals surface area contributed by atoms with Crippen molar-refractivity contribution >= 4 is 5.97 Å². The Morgan fingerprint density at radius 2 is 1.39 bits per heavy atom. The van der Waals surface area contributed by atoms with Crippen molar-refractivity contribution in [3.05, 3.63) is 84.4 Å². The van der Waals surface area contributed by atoms with Crippen LogP contribution >= 0.6 is 0 Å². The van der Waals surface area contributed by atoms with Crippen molar-refractivity contribution in [2.24, 2.45) is 0 Å². The fraction of sp³-hybridized carbons (Fsp3) is 0.0625. The molecule has 0 unspecified atom stereocenters. The van der Waals surface area contributed by atoms with Crippen molar-refractivity contribution < 1.29 is 9.53 Å². The second-order valence-electron chi connectivity index (χ2n) is 3.78. The number of esters is 1. The van der Waals surface area contributed by atoms with Gasteiger partial charge in [0.2, 0.25) is 0 Å². The van der Waals surface area contributed by atoms with Crippen LogP contribution in [0.2, 0.25) is 0 Å². The Labute approximate surface area is 107 Å². The second-order valence-corrected chi connectivity index (χ2v) is 3.78. The molecule has 2 nitrogen and oxygen atoms in total. The van der Waals surface area contributed by atoms with Crippen molar-refractivity contribution in [3.8, 4) is 0 Å². The van der Waals surface area contributed by atoms with Gasteiger partial charge in [0.1, 0.15) is 0 Å². The Hall–Kier alpha value is -2.35. The molecule has 0 N–H and O–H groups in total. The van der Waals surface area contributed by atoms with E-state index in [-0.39, 0.29) is 0 Å². The van der Waals surface area contributed by atoms with Gasteiger partial charge < -0.3 is 4.74 Å². The van der Waals surface area contributed by atoms with Crippen LogP contribution in [0.5, 0.6) is 0 Å². The van der Waals surface area contributed by atoms with Crippen LogP contribution in [0.15, 0.2) is 67.2 Å². The lowest BCUT2D eigenvalue weighted by atomic mass is 10.0. The first-order valence-corrected chi connectivity index (χ1v) is 5.65. The molecule has 0 saturated carbocycles. The molecule has 0 saturated heterocycles. The second kappa shape index (κ2) is 5.82. The van der Waals surface area contributed by atoms with Gasteiger partial charge in [-0.25, -0.2) is 4.79 Å². The number of rotatable bonds is 4. The highest BCUT2D eigenvalue weighted by atomic mass is 16.5. The van der Waals surface area contributed by atoms with Gasteiger partial charge in [-0.05, 0) is 11.1 Å². The molecule has 0 aliphatic carbocycles. The molecule has 2 heteroatoms. The lowest BCUT2D eigenvalue weighted by Crippen LogP contribution is -2.10. The molecular weight excluding hydrogens is 224 g/mol. The molecule has 2 rings (SSSR count). The summed E-state index contributed by atoms with van der Waals surface area (Å²) >= 11 is 0. The highest BCUT2D eigenvalue weighted by molar-refractivity contribution is 5.77. The zero-order valence-electron chi connectivity index (χ0n) is 9.87. The van der Waals surface area contributed by atoms with Gasteiger partial charge >= 0.3 is 5.97 Å². The van der Waals surface area contributed by atoms with Gasteiger partial charge in [-0.1, -0.05) is 67.2 Å². The third-order valence-corrected chi connectivity index (χ3v) is 2.57. The number of hydrogen-bond donors (Lipinski definition) is 0. The maximum atomic E-state index is 11.4. The first kappa shape index (κ1) is 12.1. The predicted octanol–water partition coefficient (Wildman–Crippen LogP) is 3.31. The smallest absolute Gasteiger partial charge is 0.339 e. The zero-order valence-corrected chi connectivity index (χ0v) is 9.87. The predicted molar refractivity (Wildman–Crippen MR) is 69.7 cm³/mol. The normalized spacial score (nSPS) is 10.1. The number of hydrogen-bond acceptors (Lipinski definition) is 2. The van der Waals surface area contributed by atoms with Crippen LogP contribution in [0, 0.1) is 6.08 Å². The average molecular weight is 237 g/mol. The summed E-state index contributed by atoms with van der Waals surface area (Å²) in [6.45, 7) is 3.30. The Balaban J connectivity index is 2.35. The van der Waals surface area contributed by atoms with Crippen LogP contribution in [0.3, 0.4) is 0 Å². The van der Waals surface area contributed by atoms with Gasteiger partial charge in [-0.3, -0.25) is 0 Å². The van der Waals surface area contributed by atoms with E-state index in [1.807, 2.05) is 60.7 Å². The van der Waals surface area contributed by atoms with Crippen LogP contribution in [-0.2, 0) is 9.53 Å². The number of carbonyl (C=O) groups is 1. The van der Waals surface area contributed by atoms with E-state index in [9.17, 15) is 4.79 Å². The molecule has 1 radical (unpaired) electrons. The van der Waals surface area contributed by atoms with Crippen LogP contribution in [0.4, 0.5) is 0 Å². The van der Waals surface area contributed by atoms with E-state index in [1.54, 1.807) is 0 Å². The van der Waals surface area contributed by atoms with E-state index in [4.69, 9.17) is 4.74 Å². The fourth-order valence-electron chi connectivity index (χ4n) is 1.73. The monoisotopic (exact) mass is 237 g/mol. The summed E-state index contributed by atoms with van der Waals surface area (Å²) in [6.07, 6.45) is 1.80. The highest BCUT2D eigenvalue weighted by Gasteiger charge is 2.17.